The first-order valence-corrected chi connectivity index (χ1v) is 9.77. The van der Waals surface area contributed by atoms with E-state index in [9.17, 15) is 14.4 Å². The van der Waals surface area contributed by atoms with Crippen LogP contribution in [0.1, 0.15) is 28.8 Å². The molecule has 138 valence electrons. The molecule has 0 saturated heterocycles. The number of pyridine rings is 1. The highest BCUT2D eigenvalue weighted by molar-refractivity contribution is 7.07. The van der Waals surface area contributed by atoms with Crippen molar-refractivity contribution in [2.45, 2.75) is 25.4 Å². The average Bonchev–Trinajstić information content (AvgIpc) is 3.40. The normalized spacial score (nSPS) is 13.5. The van der Waals surface area contributed by atoms with Gasteiger partial charge in [0.05, 0.1) is 6.54 Å². The number of para-hydroxylation sites is 1. The Hall–Kier alpha value is -2.93. The number of aromatic nitrogens is 1. The minimum absolute atomic E-state index is 0.0114. The lowest BCUT2D eigenvalue weighted by atomic mass is 10.1. The highest BCUT2D eigenvalue weighted by atomic mass is 32.1. The summed E-state index contributed by atoms with van der Waals surface area (Å²) in [6.07, 6.45) is 3.39. The van der Waals surface area contributed by atoms with E-state index >= 15 is 0 Å². The Balaban J connectivity index is 1.44. The highest BCUT2D eigenvalue weighted by Gasteiger charge is 2.32. The highest BCUT2D eigenvalue weighted by Crippen LogP contribution is 2.28. The summed E-state index contributed by atoms with van der Waals surface area (Å²) in [5.74, 6) is -0.670. The van der Waals surface area contributed by atoms with Crippen LogP contribution in [0.5, 0.6) is 0 Å². The molecule has 27 heavy (non-hydrogen) atoms. The first-order valence-electron chi connectivity index (χ1n) is 8.82. The molecule has 3 aromatic rings. The number of carbonyl (C=O) groups excluding carboxylic acids is 2. The minimum Gasteiger partial charge on any atom is -0.360 e. The van der Waals surface area contributed by atoms with Crippen LogP contribution in [0.3, 0.4) is 0 Å². The van der Waals surface area contributed by atoms with Gasteiger partial charge < -0.3 is 15.2 Å². The first kappa shape index (κ1) is 17.5. The molecule has 0 radical (unpaired) electrons. The predicted octanol–water partition coefficient (Wildman–Crippen LogP) is 2.51. The van der Waals surface area contributed by atoms with Crippen LogP contribution in [0, 0.1) is 0 Å². The lowest BCUT2D eigenvalue weighted by Gasteiger charge is -2.22. The van der Waals surface area contributed by atoms with E-state index in [1.807, 2.05) is 27.8 Å². The van der Waals surface area contributed by atoms with E-state index in [-0.39, 0.29) is 29.5 Å². The summed E-state index contributed by atoms with van der Waals surface area (Å²) in [4.78, 5) is 42.3. The van der Waals surface area contributed by atoms with Crippen molar-refractivity contribution in [2.24, 2.45) is 0 Å². The molecule has 1 aromatic carbocycles. The van der Waals surface area contributed by atoms with E-state index in [2.05, 4.69) is 10.3 Å². The van der Waals surface area contributed by atoms with Crippen LogP contribution in [0.4, 0.5) is 0 Å². The number of H-pyrrole nitrogens is 1. The van der Waals surface area contributed by atoms with Gasteiger partial charge in [-0.1, -0.05) is 12.1 Å². The molecule has 0 atom stereocenters. The van der Waals surface area contributed by atoms with Crippen molar-refractivity contribution >= 4 is 34.1 Å². The second-order valence-electron chi connectivity index (χ2n) is 6.64. The largest absolute Gasteiger partial charge is 0.360 e. The van der Waals surface area contributed by atoms with E-state index in [0.717, 1.165) is 18.4 Å². The number of nitrogens with one attached hydrogen (secondary N) is 2. The fraction of sp³-hybridized carbons (Fsp3) is 0.250. The summed E-state index contributed by atoms with van der Waals surface area (Å²) in [5, 5.41) is 7.06. The third-order valence-corrected chi connectivity index (χ3v) is 5.41. The molecule has 7 heteroatoms. The molecular weight excluding hydrogens is 362 g/mol. The SMILES string of the molecule is O=C(NCC(=O)N(Cc1ccsc1)C1CC1)c1c[nH]c2ccccc2c1=O. The van der Waals surface area contributed by atoms with Gasteiger partial charge in [-0.25, -0.2) is 0 Å². The minimum atomic E-state index is -0.540. The van der Waals surface area contributed by atoms with Gasteiger partial charge in [-0.15, -0.1) is 0 Å². The number of thiophene rings is 1. The first-order chi connectivity index (χ1) is 13.1. The summed E-state index contributed by atoms with van der Waals surface area (Å²) >= 11 is 1.60. The third kappa shape index (κ3) is 3.78. The second-order valence-corrected chi connectivity index (χ2v) is 7.42. The Morgan fingerprint density at radius 3 is 2.78 bits per heavy atom. The zero-order valence-electron chi connectivity index (χ0n) is 14.6. The molecule has 0 aliphatic heterocycles. The summed E-state index contributed by atoms with van der Waals surface area (Å²) in [5.41, 5.74) is 1.44. The predicted molar refractivity (Wildman–Crippen MR) is 105 cm³/mol. The molecule has 0 bridgehead atoms. The van der Waals surface area contributed by atoms with Gasteiger partial charge in [0.2, 0.25) is 11.3 Å². The number of rotatable bonds is 6. The maximum Gasteiger partial charge on any atom is 0.257 e. The molecule has 0 unspecified atom stereocenters. The van der Waals surface area contributed by atoms with Gasteiger partial charge in [0.1, 0.15) is 5.56 Å². The summed E-state index contributed by atoms with van der Waals surface area (Å²) in [7, 11) is 0. The number of amides is 2. The van der Waals surface area contributed by atoms with E-state index in [1.54, 1.807) is 29.5 Å². The quantitative estimate of drug-likeness (QED) is 0.688. The number of carbonyl (C=O) groups is 2. The second kappa shape index (κ2) is 7.36. The molecule has 1 aliphatic carbocycles. The fourth-order valence-corrected chi connectivity index (χ4v) is 3.74. The number of benzene rings is 1. The van der Waals surface area contributed by atoms with Crippen LogP contribution in [0.25, 0.3) is 10.9 Å². The van der Waals surface area contributed by atoms with Gasteiger partial charge in [-0.3, -0.25) is 14.4 Å². The van der Waals surface area contributed by atoms with E-state index in [0.29, 0.717) is 17.4 Å². The molecule has 1 fully saturated rings. The zero-order chi connectivity index (χ0) is 18.8. The molecule has 2 N–H and O–H groups in total. The average molecular weight is 381 g/mol. The molecule has 2 amide bonds. The number of hydrogen-bond donors (Lipinski definition) is 2. The molecule has 4 rings (SSSR count). The lowest BCUT2D eigenvalue weighted by molar-refractivity contribution is -0.131. The van der Waals surface area contributed by atoms with Gasteiger partial charge in [-0.2, -0.15) is 11.3 Å². The van der Waals surface area contributed by atoms with Gasteiger partial charge >= 0.3 is 0 Å². The van der Waals surface area contributed by atoms with Crippen LogP contribution >= 0.6 is 11.3 Å². The maximum atomic E-state index is 12.6. The molecule has 2 heterocycles. The van der Waals surface area contributed by atoms with Crippen molar-refractivity contribution in [3.05, 3.63) is 68.6 Å². The smallest absolute Gasteiger partial charge is 0.257 e. The van der Waals surface area contributed by atoms with Gasteiger partial charge in [0, 0.05) is 29.7 Å². The molecule has 0 spiro atoms. The van der Waals surface area contributed by atoms with Crippen molar-refractivity contribution in [3.63, 3.8) is 0 Å². The van der Waals surface area contributed by atoms with Crippen LogP contribution in [-0.4, -0.2) is 34.3 Å². The van der Waals surface area contributed by atoms with Crippen LogP contribution in [0.15, 0.2) is 52.1 Å². The van der Waals surface area contributed by atoms with Crippen molar-refractivity contribution in [1.82, 2.24) is 15.2 Å². The number of nitrogens with zero attached hydrogens (tertiary/aromatic N) is 1. The molecule has 1 aliphatic rings. The van der Waals surface area contributed by atoms with Gasteiger partial charge in [-0.05, 0) is 47.4 Å². The fourth-order valence-electron chi connectivity index (χ4n) is 3.08. The Morgan fingerprint density at radius 1 is 1.22 bits per heavy atom. The van der Waals surface area contributed by atoms with Crippen molar-refractivity contribution in [2.75, 3.05) is 6.54 Å². The van der Waals surface area contributed by atoms with Crippen LogP contribution < -0.4 is 10.7 Å². The zero-order valence-corrected chi connectivity index (χ0v) is 15.4. The van der Waals surface area contributed by atoms with Crippen molar-refractivity contribution in [1.29, 1.82) is 0 Å². The number of hydrogen-bond acceptors (Lipinski definition) is 4. The standard InChI is InChI=1S/C20H19N3O3S/c24-18(23(14-5-6-14)11-13-7-8-27-12-13)10-22-20(26)16-9-21-17-4-2-1-3-15(17)19(16)25/h1-4,7-9,12,14H,5-6,10-11H2,(H,21,25)(H,22,26). The Morgan fingerprint density at radius 2 is 2.04 bits per heavy atom. The summed E-state index contributed by atoms with van der Waals surface area (Å²) in [6.45, 7) is 0.436. The molecular formula is C20H19N3O3S. The van der Waals surface area contributed by atoms with Gasteiger partial charge in [0.25, 0.3) is 5.91 Å². The lowest BCUT2D eigenvalue weighted by Crippen LogP contribution is -2.41. The van der Waals surface area contributed by atoms with Gasteiger partial charge in [0.15, 0.2) is 0 Å². The Bertz CT molecular complexity index is 1040. The van der Waals surface area contributed by atoms with E-state index in [1.165, 1.54) is 6.20 Å². The number of aromatic amines is 1. The molecule has 1 saturated carbocycles. The van der Waals surface area contributed by atoms with E-state index in [4.69, 9.17) is 0 Å². The van der Waals surface area contributed by atoms with E-state index < -0.39 is 5.91 Å². The topological polar surface area (TPSA) is 82.3 Å². The monoisotopic (exact) mass is 381 g/mol. The Labute approximate surface area is 159 Å². The molecule has 2 aromatic heterocycles. The Kier molecular flexibility index (Phi) is 4.77. The van der Waals surface area contributed by atoms with Crippen LogP contribution in [0.2, 0.25) is 0 Å². The molecule has 6 nitrogen and oxygen atoms in total. The number of fused-ring (bicyclic) bond motifs is 1. The summed E-state index contributed by atoms with van der Waals surface area (Å²) < 4.78 is 0. The maximum absolute atomic E-state index is 12.6. The van der Waals surface area contributed by atoms with Crippen molar-refractivity contribution in [3.8, 4) is 0 Å². The van der Waals surface area contributed by atoms with Crippen molar-refractivity contribution < 1.29 is 9.59 Å². The third-order valence-electron chi connectivity index (χ3n) is 4.67. The van der Waals surface area contributed by atoms with Crippen LogP contribution in [-0.2, 0) is 11.3 Å². The summed E-state index contributed by atoms with van der Waals surface area (Å²) in [6, 6.07) is 9.27.